The number of carbonyl (C=O) groups is 2. The third kappa shape index (κ3) is 3.45. The van der Waals surface area contributed by atoms with E-state index in [4.69, 9.17) is 4.99 Å². The molecule has 0 bridgehead atoms. The van der Waals surface area contributed by atoms with Crippen molar-refractivity contribution in [1.82, 2.24) is 14.8 Å². The van der Waals surface area contributed by atoms with E-state index in [1.54, 1.807) is 0 Å². The highest BCUT2D eigenvalue weighted by molar-refractivity contribution is 6.15. The lowest BCUT2D eigenvalue weighted by Crippen LogP contribution is -2.55. The lowest BCUT2D eigenvalue weighted by Gasteiger charge is -2.41. The number of aliphatic imine (C=N–C) groups is 1. The highest BCUT2D eigenvalue weighted by Gasteiger charge is 2.45. The van der Waals surface area contributed by atoms with E-state index in [2.05, 4.69) is 41.4 Å². The standard InChI is InChI=1S/C27H28N4O2/c1-27(2)26(33)31(16-17-14-30(15-17)25(32)20-11-12-20)24(29-27)19-9-7-18(8-10-19)22-13-28-23-6-4-3-5-21(22)23/h3-10,13,17,20,28H,11-12,14-16H2,1-2H3. The third-order valence-electron chi connectivity index (χ3n) is 7.09. The minimum Gasteiger partial charge on any atom is -0.361 e. The Hall–Kier alpha value is -3.41. The van der Waals surface area contributed by atoms with Crippen molar-refractivity contribution >= 4 is 28.6 Å². The van der Waals surface area contributed by atoms with E-state index < -0.39 is 5.54 Å². The van der Waals surface area contributed by atoms with Crippen LogP contribution in [0.4, 0.5) is 0 Å². The predicted molar refractivity (Wildman–Crippen MR) is 129 cm³/mol. The summed E-state index contributed by atoms with van der Waals surface area (Å²) in [6.45, 7) is 5.84. The van der Waals surface area contributed by atoms with Gasteiger partial charge in [0.1, 0.15) is 11.4 Å². The van der Waals surface area contributed by atoms with Crippen LogP contribution in [0, 0.1) is 11.8 Å². The second-order valence-electron chi connectivity index (χ2n) is 10.1. The van der Waals surface area contributed by atoms with Gasteiger partial charge in [0.2, 0.25) is 5.91 Å². The number of hydrogen-bond donors (Lipinski definition) is 1. The summed E-state index contributed by atoms with van der Waals surface area (Å²) in [5.41, 5.74) is 3.58. The number of nitrogens with one attached hydrogen (secondary N) is 1. The molecule has 168 valence electrons. The molecule has 3 aromatic rings. The molecule has 0 atom stereocenters. The molecule has 0 unspecified atom stereocenters. The Kier molecular flexibility index (Phi) is 4.47. The van der Waals surface area contributed by atoms with Crippen LogP contribution in [0.5, 0.6) is 0 Å². The molecular formula is C27H28N4O2. The summed E-state index contributed by atoms with van der Waals surface area (Å²) in [6, 6.07) is 16.6. The zero-order chi connectivity index (χ0) is 22.7. The molecule has 2 fully saturated rings. The van der Waals surface area contributed by atoms with Gasteiger partial charge >= 0.3 is 0 Å². The van der Waals surface area contributed by atoms with E-state index in [0.717, 1.165) is 54.0 Å². The van der Waals surface area contributed by atoms with Crippen LogP contribution in [0.2, 0.25) is 0 Å². The second-order valence-corrected chi connectivity index (χ2v) is 10.1. The van der Waals surface area contributed by atoms with Crippen molar-refractivity contribution in [1.29, 1.82) is 0 Å². The lowest BCUT2D eigenvalue weighted by molar-refractivity contribution is -0.140. The van der Waals surface area contributed by atoms with E-state index in [0.29, 0.717) is 18.4 Å². The first-order valence-electron chi connectivity index (χ1n) is 11.8. The monoisotopic (exact) mass is 440 g/mol. The van der Waals surface area contributed by atoms with Gasteiger partial charge < -0.3 is 9.88 Å². The van der Waals surface area contributed by atoms with E-state index in [-0.39, 0.29) is 11.8 Å². The second kappa shape index (κ2) is 7.30. The molecule has 6 rings (SSSR count). The van der Waals surface area contributed by atoms with E-state index in [1.165, 1.54) is 5.39 Å². The number of carbonyl (C=O) groups excluding carboxylic acids is 2. The summed E-state index contributed by atoms with van der Waals surface area (Å²) in [6.07, 6.45) is 4.10. The smallest absolute Gasteiger partial charge is 0.255 e. The first-order valence-corrected chi connectivity index (χ1v) is 11.8. The number of likely N-dealkylation sites (tertiary alicyclic amines) is 1. The normalized spacial score (nSPS) is 20.3. The topological polar surface area (TPSA) is 68.8 Å². The molecule has 2 aromatic carbocycles. The maximum atomic E-state index is 13.1. The molecule has 1 aromatic heterocycles. The quantitative estimate of drug-likeness (QED) is 0.650. The van der Waals surface area contributed by atoms with Gasteiger partial charge in [-0.1, -0.05) is 42.5 Å². The minimum absolute atomic E-state index is 0.0326. The number of amidine groups is 1. The number of benzene rings is 2. The molecule has 0 radical (unpaired) electrons. The molecular weight excluding hydrogens is 412 g/mol. The molecule has 1 saturated carbocycles. The van der Waals surface area contributed by atoms with Gasteiger partial charge in [-0.25, -0.2) is 0 Å². The van der Waals surface area contributed by atoms with Gasteiger partial charge in [-0.2, -0.15) is 0 Å². The fourth-order valence-electron chi connectivity index (χ4n) is 5.01. The van der Waals surface area contributed by atoms with Crippen molar-refractivity contribution in [3.63, 3.8) is 0 Å². The molecule has 33 heavy (non-hydrogen) atoms. The first kappa shape index (κ1) is 20.2. The highest BCUT2D eigenvalue weighted by atomic mass is 16.2. The van der Waals surface area contributed by atoms with Gasteiger partial charge in [-0.15, -0.1) is 0 Å². The zero-order valence-corrected chi connectivity index (χ0v) is 19.0. The Morgan fingerprint density at radius 2 is 1.76 bits per heavy atom. The van der Waals surface area contributed by atoms with Gasteiger partial charge in [0.25, 0.3) is 5.91 Å². The molecule has 6 nitrogen and oxygen atoms in total. The Labute approximate surface area is 193 Å². The number of amides is 2. The fourth-order valence-corrected chi connectivity index (χ4v) is 5.01. The van der Waals surface area contributed by atoms with Crippen LogP contribution in [0.15, 0.2) is 59.7 Å². The Bertz CT molecular complexity index is 1280. The van der Waals surface area contributed by atoms with Gasteiger partial charge in [0.15, 0.2) is 0 Å². The zero-order valence-electron chi connectivity index (χ0n) is 19.0. The maximum absolute atomic E-state index is 13.1. The number of aromatic amines is 1. The number of hydrogen-bond acceptors (Lipinski definition) is 3. The van der Waals surface area contributed by atoms with Gasteiger partial charge in [-0.05, 0) is 38.3 Å². The van der Waals surface area contributed by atoms with Crippen LogP contribution in [0.1, 0.15) is 32.3 Å². The van der Waals surface area contributed by atoms with E-state index >= 15 is 0 Å². The van der Waals surface area contributed by atoms with Crippen molar-refractivity contribution in [3.8, 4) is 11.1 Å². The fraction of sp³-hybridized carbons (Fsp3) is 0.370. The molecule has 1 aliphatic carbocycles. The first-order chi connectivity index (χ1) is 15.9. The Balaban J connectivity index is 1.22. The van der Waals surface area contributed by atoms with Crippen LogP contribution in [-0.4, -0.2) is 57.6 Å². The van der Waals surface area contributed by atoms with E-state index in [1.807, 2.05) is 42.0 Å². The summed E-state index contributed by atoms with van der Waals surface area (Å²) in [4.78, 5) is 37.3. The predicted octanol–water partition coefficient (Wildman–Crippen LogP) is 4.07. The Morgan fingerprint density at radius 3 is 2.48 bits per heavy atom. The molecule has 3 aliphatic rings. The van der Waals surface area contributed by atoms with Crippen molar-refractivity contribution in [3.05, 3.63) is 60.3 Å². The van der Waals surface area contributed by atoms with Crippen LogP contribution >= 0.6 is 0 Å². The lowest BCUT2D eigenvalue weighted by atomic mass is 9.97. The van der Waals surface area contributed by atoms with Crippen LogP contribution in [0.3, 0.4) is 0 Å². The highest BCUT2D eigenvalue weighted by Crippen LogP contribution is 2.35. The number of H-pyrrole nitrogens is 1. The Morgan fingerprint density at radius 1 is 1.06 bits per heavy atom. The van der Waals surface area contributed by atoms with Crippen molar-refractivity contribution in [2.24, 2.45) is 16.8 Å². The molecule has 6 heteroatoms. The van der Waals surface area contributed by atoms with Gasteiger partial charge in [-0.3, -0.25) is 19.5 Å². The molecule has 2 aliphatic heterocycles. The SMILES string of the molecule is CC1(C)N=C(c2ccc(-c3c[nH]c4ccccc34)cc2)N(CC2CN(C(=O)C3CC3)C2)C1=O. The van der Waals surface area contributed by atoms with Crippen LogP contribution in [0.25, 0.3) is 22.0 Å². The van der Waals surface area contributed by atoms with Crippen LogP contribution in [-0.2, 0) is 9.59 Å². The molecule has 0 spiro atoms. The number of aromatic nitrogens is 1. The van der Waals surface area contributed by atoms with Crippen molar-refractivity contribution in [2.75, 3.05) is 19.6 Å². The summed E-state index contributed by atoms with van der Waals surface area (Å²) in [7, 11) is 0. The van der Waals surface area contributed by atoms with Gasteiger partial charge in [0.05, 0.1) is 0 Å². The average molecular weight is 441 g/mol. The van der Waals surface area contributed by atoms with Crippen molar-refractivity contribution < 1.29 is 9.59 Å². The average Bonchev–Trinajstić information content (AvgIpc) is 3.51. The number of para-hydroxylation sites is 1. The minimum atomic E-state index is -0.766. The third-order valence-corrected chi connectivity index (χ3v) is 7.09. The molecule has 1 N–H and O–H groups in total. The van der Waals surface area contributed by atoms with Crippen LogP contribution < -0.4 is 0 Å². The summed E-state index contributed by atoms with van der Waals surface area (Å²) < 4.78 is 0. The molecule has 3 heterocycles. The number of nitrogens with zero attached hydrogens (tertiary/aromatic N) is 3. The number of fused-ring (bicyclic) bond motifs is 1. The summed E-state index contributed by atoms with van der Waals surface area (Å²) in [5.74, 6) is 1.63. The maximum Gasteiger partial charge on any atom is 0.255 e. The summed E-state index contributed by atoms with van der Waals surface area (Å²) >= 11 is 0. The van der Waals surface area contributed by atoms with Gasteiger partial charge in [0, 0.05) is 59.7 Å². The molecule has 2 amide bonds. The van der Waals surface area contributed by atoms with E-state index in [9.17, 15) is 9.59 Å². The summed E-state index contributed by atoms with van der Waals surface area (Å²) in [5, 5.41) is 1.19. The molecule has 1 saturated heterocycles. The largest absolute Gasteiger partial charge is 0.361 e. The van der Waals surface area contributed by atoms with Crippen molar-refractivity contribution in [2.45, 2.75) is 32.2 Å². The number of rotatable bonds is 5.